The molecule has 1 amide bonds. The topological polar surface area (TPSA) is 65.5 Å². The van der Waals surface area contributed by atoms with Gasteiger partial charge in [-0.2, -0.15) is 0 Å². The van der Waals surface area contributed by atoms with Crippen LogP contribution in [0.5, 0.6) is 5.75 Å². The van der Waals surface area contributed by atoms with Gasteiger partial charge in [-0.3, -0.25) is 9.78 Å². The number of carbonyl (C=O) groups excluding carboxylic acids is 1. The molecule has 17 heavy (non-hydrogen) atoms. The van der Waals surface area contributed by atoms with E-state index in [1.807, 2.05) is 0 Å². The van der Waals surface area contributed by atoms with Crippen LogP contribution < -0.4 is 5.32 Å². The minimum Gasteiger partial charge on any atom is -0.505 e. The Morgan fingerprint density at radius 1 is 1.53 bits per heavy atom. The van der Waals surface area contributed by atoms with E-state index in [4.69, 9.17) is 0 Å². The average molecular weight is 235 g/mol. The number of aromatic nitrogens is 1. The molecule has 0 aromatic carbocycles. The molecule has 0 atom stereocenters. The van der Waals surface area contributed by atoms with E-state index in [0.29, 0.717) is 5.56 Å². The molecule has 0 saturated carbocycles. The molecule has 2 N–H and O–H groups in total. The van der Waals surface area contributed by atoms with Crippen LogP contribution in [0.4, 0.5) is 0 Å². The summed E-state index contributed by atoms with van der Waals surface area (Å²) in [5.41, 5.74) is 0.291. The second-order valence-corrected chi connectivity index (χ2v) is 4.44. The van der Waals surface area contributed by atoms with Gasteiger partial charge in [-0.1, -0.05) is 0 Å². The number of likely N-dealkylation sites (tertiary alicyclic amines) is 1. The third kappa shape index (κ3) is 2.94. The number of aromatic hydroxyl groups is 1. The van der Waals surface area contributed by atoms with E-state index in [0.717, 1.165) is 25.9 Å². The third-order valence-corrected chi connectivity index (χ3v) is 3.10. The second-order valence-electron chi connectivity index (χ2n) is 4.44. The van der Waals surface area contributed by atoms with Crippen molar-refractivity contribution in [3.05, 3.63) is 24.0 Å². The summed E-state index contributed by atoms with van der Waals surface area (Å²) < 4.78 is 0. The zero-order chi connectivity index (χ0) is 12.3. The predicted molar refractivity (Wildman–Crippen MR) is 63.9 cm³/mol. The average Bonchev–Trinajstić information content (AvgIpc) is 2.32. The lowest BCUT2D eigenvalue weighted by atomic mass is 10.1. The van der Waals surface area contributed by atoms with Crippen LogP contribution in [0.3, 0.4) is 0 Å². The molecule has 0 spiro atoms. The van der Waals surface area contributed by atoms with Gasteiger partial charge < -0.3 is 15.3 Å². The summed E-state index contributed by atoms with van der Waals surface area (Å²) in [7, 11) is 2.08. The Balaban J connectivity index is 1.96. The third-order valence-electron chi connectivity index (χ3n) is 3.10. The molecule has 0 bridgehead atoms. The molecule has 2 rings (SSSR count). The Kier molecular flexibility index (Phi) is 3.58. The Labute approximate surface area is 100 Å². The number of nitrogens with one attached hydrogen (secondary N) is 1. The minimum atomic E-state index is -0.223. The molecular formula is C12H17N3O2. The molecule has 5 nitrogen and oxygen atoms in total. The smallest absolute Gasteiger partial charge is 0.255 e. The van der Waals surface area contributed by atoms with Crippen molar-refractivity contribution in [3.63, 3.8) is 0 Å². The Morgan fingerprint density at radius 2 is 2.24 bits per heavy atom. The summed E-state index contributed by atoms with van der Waals surface area (Å²) in [6.45, 7) is 1.99. The quantitative estimate of drug-likeness (QED) is 0.788. The standard InChI is InChI=1S/C12H17N3O2/c1-15-6-3-9(4-7-15)14-12(17)10-2-5-13-8-11(10)16/h2,5,8-9,16H,3-4,6-7H2,1H3,(H,14,17). The first-order chi connectivity index (χ1) is 8.16. The van der Waals surface area contributed by atoms with Crippen LogP contribution in [0.25, 0.3) is 0 Å². The molecule has 2 heterocycles. The number of amides is 1. The van der Waals surface area contributed by atoms with Crippen molar-refractivity contribution in [3.8, 4) is 5.75 Å². The van der Waals surface area contributed by atoms with Crippen LogP contribution in [0.2, 0.25) is 0 Å². The van der Waals surface area contributed by atoms with Crippen molar-refractivity contribution >= 4 is 5.91 Å². The van der Waals surface area contributed by atoms with E-state index in [-0.39, 0.29) is 17.7 Å². The number of pyridine rings is 1. The summed E-state index contributed by atoms with van der Waals surface area (Å²) in [6, 6.07) is 1.73. The van der Waals surface area contributed by atoms with Crippen LogP contribution in [-0.4, -0.2) is 47.1 Å². The molecule has 1 saturated heterocycles. The first-order valence-electron chi connectivity index (χ1n) is 5.79. The highest BCUT2D eigenvalue weighted by molar-refractivity contribution is 5.96. The molecule has 1 aromatic rings. The van der Waals surface area contributed by atoms with Crippen LogP contribution in [-0.2, 0) is 0 Å². The predicted octanol–water partition coefficient (Wildman–Crippen LogP) is 0.611. The molecule has 1 aliphatic rings. The van der Waals surface area contributed by atoms with E-state index in [1.54, 1.807) is 0 Å². The molecule has 0 aliphatic carbocycles. The maximum atomic E-state index is 11.9. The highest BCUT2D eigenvalue weighted by Gasteiger charge is 2.20. The zero-order valence-corrected chi connectivity index (χ0v) is 9.89. The fourth-order valence-electron chi connectivity index (χ4n) is 1.99. The first kappa shape index (κ1) is 11.9. The largest absolute Gasteiger partial charge is 0.505 e. The molecular weight excluding hydrogens is 218 g/mol. The Bertz CT molecular complexity index is 400. The van der Waals surface area contributed by atoms with Crippen molar-refractivity contribution in [1.82, 2.24) is 15.2 Å². The summed E-state index contributed by atoms with van der Waals surface area (Å²) in [4.78, 5) is 17.9. The molecule has 0 radical (unpaired) electrons. The van der Waals surface area contributed by atoms with Gasteiger partial charge in [0.1, 0.15) is 5.75 Å². The van der Waals surface area contributed by atoms with Crippen molar-refractivity contribution in [2.75, 3.05) is 20.1 Å². The van der Waals surface area contributed by atoms with Crippen molar-refractivity contribution in [1.29, 1.82) is 0 Å². The Hall–Kier alpha value is -1.62. The minimum absolute atomic E-state index is 0.0714. The molecule has 0 unspecified atom stereocenters. The van der Waals surface area contributed by atoms with E-state index in [1.165, 1.54) is 18.5 Å². The summed E-state index contributed by atoms with van der Waals surface area (Å²) in [5.74, 6) is -0.294. The lowest BCUT2D eigenvalue weighted by Crippen LogP contribution is -2.43. The number of piperidine rings is 1. The van der Waals surface area contributed by atoms with Gasteiger partial charge in [0, 0.05) is 12.2 Å². The van der Waals surface area contributed by atoms with Gasteiger partial charge in [0.15, 0.2) is 0 Å². The highest BCUT2D eigenvalue weighted by atomic mass is 16.3. The number of rotatable bonds is 2. The molecule has 5 heteroatoms. The monoisotopic (exact) mass is 235 g/mol. The van der Waals surface area contributed by atoms with Crippen LogP contribution >= 0.6 is 0 Å². The van der Waals surface area contributed by atoms with Crippen molar-refractivity contribution in [2.24, 2.45) is 0 Å². The van der Waals surface area contributed by atoms with Gasteiger partial charge >= 0.3 is 0 Å². The van der Waals surface area contributed by atoms with Gasteiger partial charge in [0.25, 0.3) is 5.91 Å². The first-order valence-corrected chi connectivity index (χ1v) is 5.79. The second kappa shape index (κ2) is 5.14. The number of nitrogens with zero attached hydrogens (tertiary/aromatic N) is 2. The fourth-order valence-corrected chi connectivity index (χ4v) is 1.99. The van der Waals surface area contributed by atoms with Gasteiger partial charge in [-0.25, -0.2) is 0 Å². The summed E-state index contributed by atoms with van der Waals surface area (Å²) in [6.07, 6.45) is 4.69. The number of hydrogen-bond acceptors (Lipinski definition) is 4. The highest BCUT2D eigenvalue weighted by Crippen LogP contribution is 2.15. The summed E-state index contributed by atoms with van der Waals surface area (Å²) in [5, 5.41) is 12.5. The lowest BCUT2D eigenvalue weighted by Gasteiger charge is -2.29. The van der Waals surface area contributed by atoms with Gasteiger partial charge in [-0.15, -0.1) is 0 Å². The van der Waals surface area contributed by atoms with Crippen molar-refractivity contribution in [2.45, 2.75) is 18.9 Å². The van der Waals surface area contributed by atoms with Crippen molar-refractivity contribution < 1.29 is 9.90 Å². The van der Waals surface area contributed by atoms with Crippen LogP contribution in [0.1, 0.15) is 23.2 Å². The van der Waals surface area contributed by atoms with E-state index >= 15 is 0 Å². The van der Waals surface area contributed by atoms with E-state index in [9.17, 15) is 9.90 Å². The molecule has 1 aromatic heterocycles. The van der Waals surface area contributed by atoms with E-state index < -0.39 is 0 Å². The lowest BCUT2D eigenvalue weighted by molar-refractivity contribution is 0.0914. The Morgan fingerprint density at radius 3 is 2.88 bits per heavy atom. The normalized spacial score (nSPS) is 17.9. The van der Waals surface area contributed by atoms with Gasteiger partial charge in [0.05, 0.1) is 11.8 Å². The maximum absolute atomic E-state index is 11.9. The molecule has 92 valence electrons. The van der Waals surface area contributed by atoms with Crippen LogP contribution in [0.15, 0.2) is 18.5 Å². The number of carbonyl (C=O) groups is 1. The molecule has 1 fully saturated rings. The zero-order valence-electron chi connectivity index (χ0n) is 9.89. The van der Waals surface area contributed by atoms with Crippen LogP contribution in [0, 0.1) is 0 Å². The maximum Gasteiger partial charge on any atom is 0.255 e. The van der Waals surface area contributed by atoms with Gasteiger partial charge in [-0.05, 0) is 39.0 Å². The summed E-state index contributed by atoms with van der Waals surface area (Å²) >= 11 is 0. The fraction of sp³-hybridized carbons (Fsp3) is 0.500. The molecule has 1 aliphatic heterocycles. The number of hydrogen-bond donors (Lipinski definition) is 2. The van der Waals surface area contributed by atoms with E-state index in [2.05, 4.69) is 22.2 Å². The SMILES string of the molecule is CN1CCC(NC(=O)c2ccncc2O)CC1. The van der Waals surface area contributed by atoms with Gasteiger partial charge in [0.2, 0.25) is 0 Å².